The van der Waals surface area contributed by atoms with Crippen LogP contribution in [0.3, 0.4) is 0 Å². The van der Waals surface area contributed by atoms with Gasteiger partial charge in [0.1, 0.15) is 0 Å². The van der Waals surface area contributed by atoms with Crippen LogP contribution in [0.2, 0.25) is 0 Å². The van der Waals surface area contributed by atoms with E-state index in [1.807, 2.05) is 24.4 Å². The molecule has 0 fully saturated rings. The summed E-state index contributed by atoms with van der Waals surface area (Å²) in [5.41, 5.74) is 2.09. The molecule has 0 saturated carbocycles. The van der Waals surface area contributed by atoms with Gasteiger partial charge in [-0.05, 0) is 48.0 Å². The van der Waals surface area contributed by atoms with Crippen LogP contribution < -0.4 is 0 Å². The summed E-state index contributed by atoms with van der Waals surface area (Å²) in [5, 5.41) is 2.01. The van der Waals surface area contributed by atoms with Crippen LogP contribution in [0.4, 0.5) is 0 Å². The van der Waals surface area contributed by atoms with Crippen LogP contribution in [0.25, 0.3) is 10.6 Å². The van der Waals surface area contributed by atoms with E-state index in [1.54, 1.807) is 24.3 Å². The summed E-state index contributed by atoms with van der Waals surface area (Å²) in [6.45, 7) is 3.98. The Labute approximate surface area is 118 Å². The number of pyridine rings is 1. The first-order chi connectivity index (χ1) is 8.61. The van der Waals surface area contributed by atoms with Crippen molar-refractivity contribution in [3.05, 3.63) is 39.3 Å². The van der Waals surface area contributed by atoms with E-state index in [2.05, 4.69) is 20.9 Å². The van der Waals surface area contributed by atoms with Gasteiger partial charge >= 0.3 is 5.97 Å². The van der Waals surface area contributed by atoms with Crippen LogP contribution in [0.1, 0.15) is 23.0 Å². The first kappa shape index (κ1) is 13.2. The second-order valence-corrected chi connectivity index (χ2v) is 5.51. The van der Waals surface area contributed by atoms with Gasteiger partial charge in [0, 0.05) is 9.85 Å². The van der Waals surface area contributed by atoms with Gasteiger partial charge in [-0.1, -0.05) is 0 Å². The zero-order chi connectivity index (χ0) is 13.1. The highest BCUT2D eigenvalue weighted by Crippen LogP contribution is 2.29. The van der Waals surface area contributed by atoms with Crippen molar-refractivity contribution in [2.24, 2.45) is 0 Å². The lowest BCUT2D eigenvalue weighted by atomic mass is 10.2. The standard InChI is InChI=1S/C13H12BrNO2S/c1-3-17-13(16)10-4-5-11(15-8(10)2)12-6-9(14)7-18-12/h4-7H,3H2,1-2H3. The highest BCUT2D eigenvalue weighted by atomic mass is 79.9. The number of ether oxygens (including phenoxy) is 1. The second kappa shape index (κ2) is 5.63. The van der Waals surface area contributed by atoms with Crippen LogP contribution in [-0.2, 0) is 4.74 Å². The van der Waals surface area contributed by atoms with Gasteiger partial charge < -0.3 is 4.74 Å². The molecule has 0 aliphatic carbocycles. The lowest BCUT2D eigenvalue weighted by Gasteiger charge is -2.06. The van der Waals surface area contributed by atoms with E-state index in [1.165, 1.54) is 0 Å². The number of rotatable bonds is 3. The number of aryl methyl sites for hydroxylation is 1. The molecular weight excluding hydrogens is 314 g/mol. The van der Waals surface area contributed by atoms with E-state index < -0.39 is 0 Å². The number of carbonyl (C=O) groups excluding carboxylic acids is 1. The molecule has 2 aromatic heterocycles. The molecule has 0 N–H and O–H groups in total. The van der Waals surface area contributed by atoms with Crippen molar-refractivity contribution in [1.82, 2.24) is 4.98 Å². The lowest BCUT2D eigenvalue weighted by molar-refractivity contribution is 0.0525. The molecule has 0 atom stereocenters. The van der Waals surface area contributed by atoms with Crippen molar-refractivity contribution in [3.8, 4) is 10.6 Å². The minimum absolute atomic E-state index is 0.318. The number of hydrogen-bond donors (Lipinski definition) is 0. The Hall–Kier alpha value is -1.20. The fraction of sp³-hybridized carbons (Fsp3) is 0.231. The van der Waals surface area contributed by atoms with Crippen molar-refractivity contribution in [1.29, 1.82) is 0 Å². The second-order valence-electron chi connectivity index (χ2n) is 3.68. The van der Waals surface area contributed by atoms with Gasteiger partial charge in [-0.15, -0.1) is 11.3 Å². The molecule has 2 heterocycles. The minimum atomic E-state index is -0.318. The molecule has 18 heavy (non-hydrogen) atoms. The molecule has 0 unspecified atom stereocenters. The fourth-order valence-corrected chi connectivity index (χ4v) is 2.97. The SMILES string of the molecule is CCOC(=O)c1ccc(-c2cc(Br)cs2)nc1C. The average molecular weight is 326 g/mol. The van der Waals surface area contributed by atoms with Crippen LogP contribution in [0.15, 0.2) is 28.1 Å². The van der Waals surface area contributed by atoms with E-state index in [0.717, 1.165) is 15.0 Å². The Kier molecular flexibility index (Phi) is 4.14. The first-order valence-electron chi connectivity index (χ1n) is 5.51. The van der Waals surface area contributed by atoms with E-state index in [-0.39, 0.29) is 5.97 Å². The third-order valence-electron chi connectivity index (χ3n) is 2.40. The number of carbonyl (C=O) groups is 1. The number of esters is 1. The molecule has 0 aromatic carbocycles. The molecule has 3 nitrogen and oxygen atoms in total. The Bertz CT molecular complexity index is 580. The van der Waals surface area contributed by atoms with Crippen LogP contribution >= 0.6 is 27.3 Å². The van der Waals surface area contributed by atoms with Gasteiger partial charge in [0.15, 0.2) is 0 Å². The maximum absolute atomic E-state index is 11.7. The summed E-state index contributed by atoms with van der Waals surface area (Å²) in [4.78, 5) is 17.2. The maximum atomic E-state index is 11.7. The molecule has 0 spiro atoms. The Morgan fingerprint density at radius 3 is 2.83 bits per heavy atom. The van der Waals surface area contributed by atoms with Gasteiger partial charge in [-0.25, -0.2) is 4.79 Å². The highest BCUT2D eigenvalue weighted by molar-refractivity contribution is 9.10. The summed E-state index contributed by atoms with van der Waals surface area (Å²) < 4.78 is 6.01. The molecular formula is C13H12BrNO2S. The summed E-state index contributed by atoms with van der Waals surface area (Å²) in [5.74, 6) is -0.318. The Morgan fingerprint density at radius 1 is 1.50 bits per heavy atom. The third kappa shape index (κ3) is 2.79. The highest BCUT2D eigenvalue weighted by Gasteiger charge is 2.12. The summed E-state index contributed by atoms with van der Waals surface area (Å²) in [6, 6.07) is 5.62. The van der Waals surface area contributed by atoms with E-state index in [4.69, 9.17) is 4.74 Å². The first-order valence-corrected chi connectivity index (χ1v) is 7.18. The number of halogens is 1. The number of aromatic nitrogens is 1. The third-order valence-corrected chi connectivity index (χ3v) is 4.11. The Balaban J connectivity index is 2.33. The molecule has 94 valence electrons. The predicted molar refractivity (Wildman–Crippen MR) is 75.9 cm³/mol. The average Bonchev–Trinajstić information content (AvgIpc) is 2.76. The number of nitrogens with zero attached hydrogens (tertiary/aromatic N) is 1. The van der Waals surface area contributed by atoms with Gasteiger partial charge in [0.05, 0.1) is 28.4 Å². The molecule has 2 rings (SSSR count). The van der Waals surface area contributed by atoms with Crippen molar-refractivity contribution in [2.45, 2.75) is 13.8 Å². The smallest absolute Gasteiger partial charge is 0.339 e. The van der Waals surface area contributed by atoms with Crippen molar-refractivity contribution in [2.75, 3.05) is 6.61 Å². The van der Waals surface area contributed by atoms with Crippen LogP contribution in [0, 0.1) is 6.92 Å². The molecule has 0 saturated heterocycles. The van der Waals surface area contributed by atoms with E-state index in [9.17, 15) is 4.79 Å². The van der Waals surface area contributed by atoms with Crippen LogP contribution in [0.5, 0.6) is 0 Å². The molecule has 2 aromatic rings. The van der Waals surface area contributed by atoms with Gasteiger partial charge in [-0.2, -0.15) is 0 Å². The topological polar surface area (TPSA) is 39.2 Å². The number of hydrogen-bond acceptors (Lipinski definition) is 4. The molecule has 0 radical (unpaired) electrons. The minimum Gasteiger partial charge on any atom is -0.462 e. The van der Waals surface area contributed by atoms with Gasteiger partial charge in [0.2, 0.25) is 0 Å². The number of thiophene rings is 1. The van der Waals surface area contributed by atoms with Gasteiger partial charge in [0.25, 0.3) is 0 Å². The largest absolute Gasteiger partial charge is 0.462 e. The maximum Gasteiger partial charge on any atom is 0.339 e. The Morgan fingerprint density at radius 2 is 2.28 bits per heavy atom. The van der Waals surface area contributed by atoms with Crippen molar-refractivity contribution < 1.29 is 9.53 Å². The van der Waals surface area contributed by atoms with E-state index in [0.29, 0.717) is 17.9 Å². The monoisotopic (exact) mass is 325 g/mol. The summed E-state index contributed by atoms with van der Waals surface area (Å²) >= 11 is 5.03. The molecule has 0 bridgehead atoms. The molecule has 0 amide bonds. The van der Waals surface area contributed by atoms with Crippen molar-refractivity contribution >= 4 is 33.2 Å². The molecule has 0 aliphatic rings. The lowest BCUT2D eigenvalue weighted by Crippen LogP contribution is -2.07. The molecule has 5 heteroatoms. The normalized spacial score (nSPS) is 10.4. The van der Waals surface area contributed by atoms with Gasteiger partial charge in [-0.3, -0.25) is 4.98 Å². The zero-order valence-electron chi connectivity index (χ0n) is 10.1. The fourth-order valence-electron chi connectivity index (χ4n) is 1.57. The van der Waals surface area contributed by atoms with Crippen molar-refractivity contribution in [3.63, 3.8) is 0 Å². The quantitative estimate of drug-likeness (QED) is 0.799. The summed E-state index contributed by atoms with van der Waals surface area (Å²) in [6.07, 6.45) is 0. The zero-order valence-corrected chi connectivity index (χ0v) is 12.5. The van der Waals surface area contributed by atoms with Crippen LogP contribution in [-0.4, -0.2) is 17.6 Å². The summed E-state index contributed by atoms with van der Waals surface area (Å²) in [7, 11) is 0. The van der Waals surface area contributed by atoms with E-state index >= 15 is 0 Å². The predicted octanol–water partition coefficient (Wildman–Crippen LogP) is 4.06. The molecule has 0 aliphatic heterocycles.